The highest BCUT2D eigenvalue weighted by Gasteiger charge is 2.27. The Morgan fingerprint density at radius 2 is 2.05 bits per heavy atom. The molecule has 3 atom stereocenters. The number of nitrogens with one attached hydrogen (secondary N) is 4. The molecule has 2 amide bonds. The van der Waals surface area contributed by atoms with Crippen LogP contribution in [0.3, 0.4) is 0 Å². The van der Waals surface area contributed by atoms with Gasteiger partial charge in [0.05, 0.1) is 24.8 Å². The minimum Gasteiger partial charge on any atom is -0.494 e. The molecule has 1 heterocycles. The normalized spacial score (nSPS) is 17.9. The molecule has 1 aromatic carbocycles. The van der Waals surface area contributed by atoms with Gasteiger partial charge in [-0.25, -0.2) is 9.37 Å². The average molecular weight is 523 g/mol. The minimum absolute atomic E-state index is 0.00252. The van der Waals surface area contributed by atoms with Gasteiger partial charge in [0.1, 0.15) is 5.82 Å². The number of methoxy groups -OCH3 is 1. The SMILES string of the molecule is CC=C(C(=O)NC)[C@H](C)C(=O)N[C@H]1CCC[C@@H](C#Cc2cnc(Nc3ccc(OC)c(F)c3)nc2NC)C1. The number of rotatable bonds is 8. The number of hydrogen-bond acceptors (Lipinski definition) is 7. The first-order valence-corrected chi connectivity index (χ1v) is 12.6. The summed E-state index contributed by atoms with van der Waals surface area (Å²) in [4.78, 5) is 33.6. The number of anilines is 3. The molecule has 1 aliphatic carbocycles. The lowest BCUT2D eigenvalue weighted by atomic mass is 9.85. The van der Waals surface area contributed by atoms with Gasteiger partial charge in [-0.15, -0.1) is 0 Å². The Morgan fingerprint density at radius 3 is 2.71 bits per heavy atom. The van der Waals surface area contributed by atoms with Crippen molar-refractivity contribution in [2.24, 2.45) is 11.8 Å². The molecule has 1 saturated carbocycles. The summed E-state index contributed by atoms with van der Waals surface area (Å²) in [7, 11) is 4.71. The van der Waals surface area contributed by atoms with Crippen molar-refractivity contribution >= 4 is 29.3 Å². The van der Waals surface area contributed by atoms with E-state index < -0.39 is 11.7 Å². The maximum Gasteiger partial charge on any atom is 0.247 e. The van der Waals surface area contributed by atoms with Gasteiger partial charge >= 0.3 is 0 Å². The topological polar surface area (TPSA) is 117 Å². The monoisotopic (exact) mass is 522 g/mol. The number of likely N-dealkylation sites (N-methyl/N-ethyl adjacent to an activating group) is 1. The Balaban J connectivity index is 1.65. The number of hydrogen-bond donors (Lipinski definition) is 4. The molecule has 0 bridgehead atoms. The summed E-state index contributed by atoms with van der Waals surface area (Å²) in [6, 6.07) is 4.51. The smallest absolute Gasteiger partial charge is 0.247 e. The first-order chi connectivity index (χ1) is 18.3. The first kappa shape index (κ1) is 28.4. The largest absolute Gasteiger partial charge is 0.494 e. The van der Waals surface area contributed by atoms with Crippen LogP contribution in [0.1, 0.15) is 45.1 Å². The second-order valence-electron chi connectivity index (χ2n) is 9.06. The van der Waals surface area contributed by atoms with Gasteiger partial charge in [-0.1, -0.05) is 24.3 Å². The van der Waals surface area contributed by atoms with E-state index in [1.807, 2.05) is 0 Å². The van der Waals surface area contributed by atoms with Crippen molar-refractivity contribution in [3.05, 3.63) is 47.4 Å². The quantitative estimate of drug-likeness (QED) is 0.308. The van der Waals surface area contributed by atoms with E-state index in [-0.39, 0.29) is 29.5 Å². The number of benzene rings is 1. The van der Waals surface area contributed by atoms with Gasteiger partial charge in [0.2, 0.25) is 17.8 Å². The Morgan fingerprint density at radius 1 is 1.26 bits per heavy atom. The van der Waals surface area contributed by atoms with Crippen molar-refractivity contribution < 1.29 is 18.7 Å². The summed E-state index contributed by atoms with van der Waals surface area (Å²) in [6.07, 6.45) is 6.78. The number of aromatic nitrogens is 2. The summed E-state index contributed by atoms with van der Waals surface area (Å²) in [5, 5.41) is 11.7. The highest BCUT2D eigenvalue weighted by molar-refractivity contribution is 5.99. The van der Waals surface area contributed by atoms with Crippen LogP contribution in [0.2, 0.25) is 0 Å². The van der Waals surface area contributed by atoms with Crippen molar-refractivity contribution in [1.29, 1.82) is 0 Å². The molecule has 0 unspecified atom stereocenters. The van der Waals surface area contributed by atoms with Crippen molar-refractivity contribution in [2.75, 3.05) is 31.8 Å². The number of allylic oxidation sites excluding steroid dienone is 1. The molecule has 0 spiro atoms. The van der Waals surface area contributed by atoms with Crippen molar-refractivity contribution in [3.8, 4) is 17.6 Å². The van der Waals surface area contributed by atoms with Crippen molar-refractivity contribution in [2.45, 2.75) is 45.6 Å². The number of carbonyl (C=O) groups excluding carboxylic acids is 2. The van der Waals surface area contributed by atoms with E-state index in [2.05, 4.69) is 43.1 Å². The van der Waals surface area contributed by atoms with Crippen LogP contribution in [-0.2, 0) is 9.59 Å². The van der Waals surface area contributed by atoms with E-state index in [1.54, 1.807) is 46.3 Å². The van der Waals surface area contributed by atoms with Gasteiger partial charge in [0.25, 0.3) is 0 Å². The molecule has 4 N–H and O–H groups in total. The zero-order valence-electron chi connectivity index (χ0n) is 22.4. The summed E-state index contributed by atoms with van der Waals surface area (Å²) in [6.45, 7) is 3.49. The Kier molecular flexibility index (Phi) is 10.0. The van der Waals surface area contributed by atoms with Crippen LogP contribution in [0.5, 0.6) is 5.75 Å². The van der Waals surface area contributed by atoms with E-state index in [0.29, 0.717) is 28.6 Å². The molecule has 38 heavy (non-hydrogen) atoms. The van der Waals surface area contributed by atoms with Crippen LogP contribution in [0, 0.1) is 29.5 Å². The fraction of sp³-hybridized carbons (Fsp3) is 0.429. The second-order valence-corrected chi connectivity index (χ2v) is 9.06. The van der Waals surface area contributed by atoms with Crippen LogP contribution in [-0.4, -0.2) is 49.0 Å². The molecule has 3 rings (SSSR count). The third kappa shape index (κ3) is 7.22. The van der Waals surface area contributed by atoms with Gasteiger partial charge in [0.15, 0.2) is 11.6 Å². The number of nitrogens with zero attached hydrogens (tertiary/aromatic N) is 2. The summed E-state index contributed by atoms with van der Waals surface area (Å²) >= 11 is 0. The van der Waals surface area contributed by atoms with Gasteiger partial charge < -0.3 is 26.0 Å². The molecule has 1 fully saturated rings. The lowest BCUT2D eigenvalue weighted by molar-refractivity contribution is -0.126. The Hall–Kier alpha value is -4.13. The van der Waals surface area contributed by atoms with Crippen LogP contribution in [0.4, 0.5) is 21.8 Å². The molecule has 2 aromatic rings. The fourth-order valence-corrected chi connectivity index (χ4v) is 4.42. The van der Waals surface area contributed by atoms with Crippen LogP contribution in [0.25, 0.3) is 0 Å². The Bertz CT molecular complexity index is 1250. The molecular formula is C28H35FN6O3. The molecule has 1 aliphatic rings. The third-order valence-corrected chi connectivity index (χ3v) is 6.53. The van der Waals surface area contributed by atoms with Gasteiger partial charge in [0, 0.05) is 43.4 Å². The highest BCUT2D eigenvalue weighted by atomic mass is 19.1. The minimum atomic E-state index is -0.539. The fourth-order valence-electron chi connectivity index (χ4n) is 4.42. The number of ether oxygens (including phenoxy) is 1. The van der Waals surface area contributed by atoms with E-state index >= 15 is 0 Å². The van der Waals surface area contributed by atoms with Crippen LogP contribution >= 0.6 is 0 Å². The molecule has 9 nitrogen and oxygen atoms in total. The molecule has 0 aliphatic heterocycles. The zero-order valence-corrected chi connectivity index (χ0v) is 22.4. The molecule has 1 aromatic heterocycles. The number of carbonyl (C=O) groups is 2. The lowest BCUT2D eigenvalue weighted by Crippen LogP contribution is -2.42. The first-order valence-electron chi connectivity index (χ1n) is 12.6. The molecule has 0 saturated heterocycles. The van der Waals surface area contributed by atoms with E-state index in [1.165, 1.54) is 19.2 Å². The van der Waals surface area contributed by atoms with E-state index in [4.69, 9.17) is 4.74 Å². The predicted molar refractivity (Wildman–Crippen MR) is 146 cm³/mol. The van der Waals surface area contributed by atoms with Gasteiger partial charge in [-0.3, -0.25) is 9.59 Å². The maximum atomic E-state index is 14.0. The average Bonchev–Trinajstić information content (AvgIpc) is 2.92. The zero-order chi connectivity index (χ0) is 27.7. The summed E-state index contributed by atoms with van der Waals surface area (Å²) in [5.41, 5.74) is 1.58. The van der Waals surface area contributed by atoms with Crippen LogP contribution in [0.15, 0.2) is 36.0 Å². The molecular weight excluding hydrogens is 487 g/mol. The highest BCUT2D eigenvalue weighted by Crippen LogP contribution is 2.26. The van der Waals surface area contributed by atoms with E-state index in [9.17, 15) is 14.0 Å². The number of halogens is 1. The van der Waals surface area contributed by atoms with Crippen LogP contribution < -0.4 is 26.0 Å². The van der Waals surface area contributed by atoms with Gasteiger partial charge in [-0.05, 0) is 45.2 Å². The standard InChI is InChI=1S/C28H35FN6O3/c1-6-22(27(37)31-4)17(2)26(36)33-20-9-7-8-18(14-20)10-11-19-16-32-28(35-25(19)30-3)34-21-12-13-24(38-5)23(29)15-21/h6,12-13,15-18,20H,7-9,14H2,1-5H3,(H,31,37)(H,33,36)(H2,30,32,34,35)/t17-,18-,20-/m0/s1. The van der Waals surface area contributed by atoms with Crippen molar-refractivity contribution in [1.82, 2.24) is 20.6 Å². The molecule has 0 radical (unpaired) electrons. The molecule has 10 heteroatoms. The molecule has 202 valence electrons. The summed E-state index contributed by atoms with van der Waals surface area (Å²) in [5.74, 6) is 6.17. The predicted octanol–water partition coefficient (Wildman–Crippen LogP) is 3.76. The number of amides is 2. The van der Waals surface area contributed by atoms with E-state index in [0.717, 1.165) is 25.7 Å². The van der Waals surface area contributed by atoms with Gasteiger partial charge in [-0.2, -0.15) is 4.98 Å². The Labute approximate surface area is 223 Å². The summed E-state index contributed by atoms with van der Waals surface area (Å²) < 4.78 is 18.9. The third-order valence-electron chi connectivity index (χ3n) is 6.53. The lowest BCUT2D eigenvalue weighted by Gasteiger charge is -2.28. The second kappa shape index (κ2) is 13.4. The maximum absolute atomic E-state index is 14.0. The van der Waals surface area contributed by atoms with Crippen molar-refractivity contribution in [3.63, 3.8) is 0 Å².